The van der Waals surface area contributed by atoms with Gasteiger partial charge in [-0.05, 0) is 18.9 Å². The number of aliphatic hydroxyl groups excluding tert-OH is 1. The third-order valence-electron chi connectivity index (χ3n) is 2.67. The summed E-state index contributed by atoms with van der Waals surface area (Å²) in [7, 11) is 0. The second-order valence-corrected chi connectivity index (χ2v) is 5.08. The largest absolute Gasteiger partial charge is 0.386 e. The number of thiazole rings is 1. The normalized spacial score (nSPS) is 12.6. The molecule has 0 bridgehead atoms. The molecular formula is C14H17NOS. The van der Waals surface area contributed by atoms with Crippen LogP contribution >= 0.6 is 11.3 Å². The summed E-state index contributed by atoms with van der Waals surface area (Å²) >= 11 is 1.51. The van der Waals surface area contributed by atoms with Gasteiger partial charge in [-0.25, -0.2) is 4.98 Å². The predicted molar refractivity (Wildman–Crippen MR) is 72.2 cm³/mol. The molecule has 0 aliphatic rings. The lowest BCUT2D eigenvalue weighted by molar-refractivity contribution is 0.199. The van der Waals surface area contributed by atoms with Gasteiger partial charge in [0.25, 0.3) is 0 Å². The Labute approximate surface area is 106 Å². The predicted octanol–water partition coefficient (Wildman–Crippen LogP) is 3.82. The van der Waals surface area contributed by atoms with Crippen LogP contribution in [0.3, 0.4) is 0 Å². The molecule has 0 aliphatic heterocycles. The highest BCUT2D eigenvalue weighted by Crippen LogP contribution is 2.25. The number of aromatic nitrogens is 1. The van der Waals surface area contributed by atoms with Gasteiger partial charge in [0.15, 0.2) is 0 Å². The Bertz CT molecular complexity index is 473. The molecule has 1 unspecified atom stereocenters. The van der Waals surface area contributed by atoms with E-state index in [4.69, 9.17) is 0 Å². The smallest absolute Gasteiger partial charge is 0.122 e. The number of rotatable bonds is 4. The minimum atomic E-state index is -0.479. The first-order valence-electron chi connectivity index (χ1n) is 5.93. The lowest BCUT2D eigenvalue weighted by Crippen LogP contribution is -1.89. The summed E-state index contributed by atoms with van der Waals surface area (Å²) in [5, 5.41) is 12.2. The topological polar surface area (TPSA) is 33.1 Å². The van der Waals surface area contributed by atoms with Gasteiger partial charge >= 0.3 is 0 Å². The van der Waals surface area contributed by atoms with Crippen LogP contribution in [0.4, 0.5) is 0 Å². The number of aliphatic hydroxyl groups is 1. The molecule has 0 fully saturated rings. The molecule has 2 rings (SSSR count). The first-order valence-corrected chi connectivity index (χ1v) is 6.81. The number of benzene rings is 1. The van der Waals surface area contributed by atoms with E-state index in [2.05, 4.69) is 36.2 Å². The van der Waals surface area contributed by atoms with E-state index in [1.165, 1.54) is 23.3 Å². The monoisotopic (exact) mass is 247 g/mol. The molecule has 1 aromatic heterocycles. The van der Waals surface area contributed by atoms with Crippen LogP contribution < -0.4 is 0 Å². The van der Waals surface area contributed by atoms with Crippen molar-refractivity contribution in [1.82, 2.24) is 4.98 Å². The summed E-state index contributed by atoms with van der Waals surface area (Å²) in [5.74, 6) is 0. The van der Waals surface area contributed by atoms with E-state index in [1.807, 2.05) is 5.38 Å². The lowest BCUT2D eigenvalue weighted by Gasteiger charge is -2.01. The SMILES string of the molecule is CCCc1ccc(-c2csc(C(C)O)n2)cc1. The molecule has 0 aliphatic carbocycles. The van der Waals surface area contributed by atoms with Gasteiger partial charge < -0.3 is 5.11 Å². The Hall–Kier alpha value is -1.19. The molecule has 2 aromatic rings. The van der Waals surface area contributed by atoms with Crippen LogP contribution in [-0.2, 0) is 6.42 Å². The zero-order chi connectivity index (χ0) is 12.3. The van der Waals surface area contributed by atoms with Crippen molar-refractivity contribution in [3.05, 3.63) is 40.2 Å². The first kappa shape index (κ1) is 12.3. The maximum absolute atomic E-state index is 9.45. The Morgan fingerprint density at radius 2 is 2.00 bits per heavy atom. The van der Waals surface area contributed by atoms with Crippen LogP contribution in [0.2, 0.25) is 0 Å². The van der Waals surface area contributed by atoms with E-state index < -0.39 is 6.10 Å². The van der Waals surface area contributed by atoms with E-state index in [0.29, 0.717) is 0 Å². The van der Waals surface area contributed by atoms with Gasteiger partial charge in [-0.15, -0.1) is 11.3 Å². The van der Waals surface area contributed by atoms with Crippen molar-refractivity contribution in [2.24, 2.45) is 0 Å². The third-order valence-corrected chi connectivity index (χ3v) is 3.68. The summed E-state index contributed by atoms with van der Waals surface area (Å²) in [4.78, 5) is 4.42. The average molecular weight is 247 g/mol. The van der Waals surface area contributed by atoms with Gasteiger partial charge in [0.1, 0.15) is 11.1 Å². The second kappa shape index (κ2) is 5.43. The first-order chi connectivity index (χ1) is 8.20. The minimum absolute atomic E-state index is 0.479. The molecule has 3 heteroatoms. The molecular weight excluding hydrogens is 230 g/mol. The number of hydrogen-bond acceptors (Lipinski definition) is 3. The molecule has 1 heterocycles. The molecule has 0 spiro atoms. The third kappa shape index (κ3) is 2.93. The highest BCUT2D eigenvalue weighted by molar-refractivity contribution is 7.10. The van der Waals surface area contributed by atoms with Crippen LogP contribution in [0, 0.1) is 0 Å². The van der Waals surface area contributed by atoms with Gasteiger partial charge in [0.05, 0.1) is 5.69 Å². The van der Waals surface area contributed by atoms with Gasteiger partial charge in [-0.2, -0.15) is 0 Å². The van der Waals surface area contributed by atoms with Crippen molar-refractivity contribution >= 4 is 11.3 Å². The molecule has 0 saturated heterocycles. The standard InChI is InChI=1S/C14H17NOS/c1-3-4-11-5-7-12(8-6-11)13-9-17-14(15-13)10(2)16/h5-10,16H,3-4H2,1-2H3. The number of aryl methyl sites for hydroxylation is 1. The Kier molecular flexibility index (Phi) is 3.92. The summed E-state index contributed by atoms with van der Waals surface area (Å²) in [6.45, 7) is 3.93. The maximum Gasteiger partial charge on any atom is 0.122 e. The summed E-state index contributed by atoms with van der Waals surface area (Å²) < 4.78 is 0. The molecule has 1 atom stereocenters. The van der Waals surface area contributed by atoms with E-state index in [0.717, 1.165) is 22.7 Å². The number of nitrogens with zero attached hydrogens (tertiary/aromatic N) is 1. The molecule has 17 heavy (non-hydrogen) atoms. The van der Waals surface area contributed by atoms with Crippen molar-refractivity contribution in [2.75, 3.05) is 0 Å². The Balaban J connectivity index is 2.21. The quantitative estimate of drug-likeness (QED) is 0.891. The highest BCUT2D eigenvalue weighted by atomic mass is 32.1. The fourth-order valence-corrected chi connectivity index (χ4v) is 2.51. The molecule has 1 N–H and O–H groups in total. The van der Waals surface area contributed by atoms with Crippen molar-refractivity contribution in [1.29, 1.82) is 0 Å². The van der Waals surface area contributed by atoms with E-state index in [9.17, 15) is 5.11 Å². The van der Waals surface area contributed by atoms with Crippen LogP contribution in [0.15, 0.2) is 29.6 Å². The highest BCUT2D eigenvalue weighted by Gasteiger charge is 2.08. The van der Waals surface area contributed by atoms with Crippen LogP contribution in [0.25, 0.3) is 11.3 Å². The lowest BCUT2D eigenvalue weighted by atomic mass is 10.1. The molecule has 0 saturated carbocycles. The van der Waals surface area contributed by atoms with E-state index in [1.54, 1.807) is 6.92 Å². The molecule has 1 aromatic carbocycles. The van der Waals surface area contributed by atoms with Gasteiger partial charge in [0, 0.05) is 10.9 Å². The van der Waals surface area contributed by atoms with Crippen LogP contribution in [0.1, 0.15) is 36.9 Å². The number of hydrogen-bond donors (Lipinski definition) is 1. The molecule has 90 valence electrons. The van der Waals surface area contributed by atoms with E-state index >= 15 is 0 Å². The fourth-order valence-electron chi connectivity index (χ4n) is 1.74. The summed E-state index contributed by atoms with van der Waals surface area (Å²) in [5.41, 5.74) is 3.43. The fraction of sp³-hybridized carbons (Fsp3) is 0.357. The van der Waals surface area contributed by atoms with Gasteiger partial charge in [-0.1, -0.05) is 37.6 Å². The summed E-state index contributed by atoms with van der Waals surface area (Å²) in [6.07, 6.45) is 1.81. The zero-order valence-corrected chi connectivity index (χ0v) is 11.0. The Morgan fingerprint density at radius 1 is 1.29 bits per heavy atom. The van der Waals surface area contributed by atoms with Crippen molar-refractivity contribution in [3.8, 4) is 11.3 Å². The zero-order valence-electron chi connectivity index (χ0n) is 10.2. The molecule has 0 amide bonds. The van der Waals surface area contributed by atoms with Gasteiger partial charge in [-0.3, -0.25) is 0 Å². The van der Waals surface area contributed by atoms with Crippen molar-refractivity contribution in [2.45, 2.75) is 32.8 Å². The molecule has 0 radical (unpaired) electrons. The van der Waals surface area contributed by atoms with Crippen LogP contribution in [0.5, 0.6) is 0 Å². The minimum Gasteiger partial charge on any atom is -0.386 e. The van der Waals surface area contributed by atoms with Crippen LogP contribution in [-0.4, -0.2) is 10.1 Å². The maximum atomic E-state index is 9.45. The van der Waals surface area contributed by atoms with E-state index in [-0.39, 0.29) is 0 Å². The Morgan fingerprint density at radius 3 is 2.53 bits per heavy atom. The van der Waals surface area contributed by atoms with Crippen molar-refractivity contribution in [3.63, 3.8) is 0 Å². The molecule has 2 nitrogen and oxygen atoms in total. The average Bonchev–Trinajstić information content (AvgIpc) is 2.80. The second-order valence-electron chi connectivity index (χ2n) is 4.19. The van der Waals surface area contributed by atoms with Gasteiger partial charge in [0.2, 0.25) is 0 Å². The van der Waals surface area contributed by atoms with Crippen molar-refractivity contribution < 1.29 is 5.11 Å². The summed E-state index contributed by atoms with van der Waals surface area (Å²) in [6, 6.07) is 8.51.